The Bertz CT molecular complexity index is 591. The average Bonchev–Trinajstić information content (AvgIpc) is 2.68. The Kier molecular flexibility index (Phi) is 5.22. The van der Waals surface area contributed by atoms with E-state index in [1.54, 1.807) is 18.2 Å². The Labute approximate surface area is 132 Å². The fourth-order valence-electron chi connectivity index (χ4n) is 1.76. The minimum Gasteiger partial charge on any atom is -0.271 e. The summed E-state index contributed by atoms with van der Waals surface area (Å²) in [5.74, 6) is 5.25. The van der Waals surface area contributed by atoms with Crippen molar-refractivity contribution >= 4 is 50.5 Å². The van der Waals surface area contributed by atoms with Gasteiger partial charge in [-0.2, -0.15) is 0 Å². The van der Waals surface area contributed by atoms with Gasteiger partial charge in [0.15, 0.2) is 0 Å². The van der Waals surface area contributed by atoms with Crippen molar-refractivity contribution in [2.45, 2.75) is 12.5 Å². The maximum absolute atomic E-state index is 13.8. The van der Waals surface area contributed by atoms with Gasteiger partial charge in [-0.3, -0.25) is 11.3 Å². The molecule has 0 fully saturated rings. The Morgan fingerprint density at radius 2 is 2.11 bits per heavy atom. The lowest BCUT2D eigenvalue weighted by Crippen LogP contribution is -2.29. The second-order valence-corrected chi connectivity index (χ2v) is 7.14. The summed E-state index contributed by atoms with van der Waals surface area (Å²) in [6, 6.07) is 6.38. The first-order chi connectivity index (χ1) is 9.01. The van der Waals surface area contributed by atoms with Crippen molar-refractivity contribution in [2.24, 2.45) is 5.84 Å². The topological polar surface area (TPSA) is 38.0 Å². The van der Waals surface area contributed by atoms with Gasteiger partial charge in [-0.15, -0.1) is 11.3 Å². The van der Waals surface area contributed by atoms with E-state index in [0.29, 0.717) is 25.1 Å². The van der Waals surface area contributed by atoms with Crippen molar-refractivity contribution < 1.29 is 4.39 Å². The summed E-state index contributed by atoms with van der Waals surface area (Å²) in [4.78, 5) is 0. The molecule has 7 heteroatoms. The van der Waals surface area contributed by atoms with Gasteiger partial charge in [-0.25, -0.2) is 4.39 Å². The Morgan fingerprint density at radius 3 is 2.63 bits per heavy atom. The lowest BCUT2D eigenvalue weighted by Gasteiger charge is -2.16. The van der Waals surface area contributed by atoms with Crippen LogP contribution in [-0.2, 0) is 6.42 Å². The first-order valence-electron chi connectivity index (χ1n) is 5.36. The molecule has 0 saturated carbocycles. The number of nitrogens with one attached hydrogen (secondary N) is 1. The minimum absolute atomic E-state index is 0.285. The van der Waals surface area contributed by atoms with Crippen LogP contribution >= 0.6 is 50.5 Å². The molecule has 1 heterocycles. The molecule has 1 aromatic heterocycles. The highest BCUT2D eigenvalue weighted by Gasteiger charge is 2.18. The molecule has 2 nitrogen and oxygen atoms in total. The Morgan fingerprint density at radius 1 is 1.37 bits per heavy atom. The van der Waals surface area contributed by atoms with Gasteiger partial charge in [0.1, 0.15) is 5.82 Å². The quantitative estimate of drug-likeness (QED) is 0.592. The lowest BCUT2D eigenvalue weighted by atomic mass is 10.0. The average molecular weight is 384 g/mol. The van der Waals surface area contributed by atoms with Gasteiger partial charge >= 0.3 is 0 Å². The number of hydrazine groups is 1. The molecule has 0 aliphatic carbocycles. The number of thiophene rings is 1. The van der Waals surface area contributed by atoms with Crippen LogP contribution in [0.5, 0.6) is 0 Å². The van der Waals surface area contributed by atoms with E-state index < -0.39 is 0 Å². The van der Waals surface area contributed by atoms with E-state index in [1.807, 2.05) is 0 Å². The predicted molar refractivity (Wildman–Crippen MR) is 82.2 cm³/mol. The third kappa shape index (κ3) is 3.68. The van der Waals surface area contributed by atoms with Crippen molar-refractivity contribution in [3.8, 4) is 0 Å². The van der Waals surface area contributed by atoms with E-state index in [9.17, 15) is 4.39 Å². The van der Waals surface area contributed by atoms with E-state index in [-0.39, 0.29) is 11.9 Å². The van der Waals surface area contributed by atoms with Crippen LogP contribution in [0.25, 0.3) is 0 Å². The van der Waals surface area contributed by atoms with Crippen molar-refractivity contribution in [3.63, 3.8) is 0 Å². The minimum atomic E-state index is -0.285. The number of hydrogen-bond donors (Lipinski definition) is 2. The van der Waals surface area contributed by atoms with Crippen molar-refractivity contribution in [1.82, 2.24) is 5.43 Å². The SMILES string of the molecule is NNC(Cc1ccc(Br)cc1F)c1cc(Cl)sc1Cl. The van der Waals surface area contributed by atoms with Crippen LogP contribution in [0, 0.1) is 5.82 Å². The summed E-state index contributed by atoms with van der Waals surface area (Å²) in [7, 11) is 0. The molecule has 2 rings (SSSR count). The maximum Gasteiger partial charge on any atom is 0.127 e. The zero-order valence-corrected chi connectivity index (χ0v) is 13.5. The van der Waals surface area contributed by atoms with Gasteiger partial charge in [0.2, 0.25) is 0 Å². The molecule has 3 N–H and O–H groups in total. The molecule has 1 atom stereocenters. The van der Waals surface area contributed by atoms with Gasteiger partial charge in [-0.05, 0) is 30.2 Å². The molecule has 0 aliphatic heterocycles. The van der Waals surface area contributed by atoms with Crippen LogP contribution in [-0.4, -0.2) is 0 Å². The molecule has 102 valence electrons. The first-order valence-corrected chi connectivity index (χ1v) is 7.72. The van der Waals surface area contributed by atoms with E-state index in [2.05, 4.69) is 21.4 Å². The molecule has 2 aromatic rings. The molecule has 0 radical (unpaired) electrons. The van der Waals surface area contributed by atoms with E-state index in [1.165, 1.54) is 17.4 Å². The maximum atomic E-state index is 13.8. The van der Waals surface area contributed by atoms with E-state index >= 15 is 0 Å². The molecule has 1 unspecified atom stereocenters. The highest BCUT2D eigenvalue weighted by atomic mass is 79.9. The van der Waals surface area contributed by atoms with Gasteiger partial charge in [0, 0.05) is 10.0 Å². The number of hydrogen-bond acceptors (Lipinski definition) is 3. The predicted octanol–water partition coefficient (Wildman–Crippen LogP) is 4.70. The summed E-state index contributed by atoms with van der Waals surface area (Å²) in [6.07, 6.45) is 0.391. The van der Waals surface area contributed by atoms with Crippen molar-refractivity contribution in [1.29, 1.82) is 0 Å². The third-order valence-electron chi connectivity index (χ3n) is 2.70. The molecule has 1 aromatic carbocycles. The van der Waals surface area contributed by atoms with Crippen LogP contribution < -0.4 is 11.3 Å². The molecule has 0 aliphatic rings. The Hall–Kier alpha value is -0.170. The molecule has 0 amide bonds. The van der Waals surface area contributed by atoms with E-state index in [0.717, 1.165) is 5.56 Å². The second-order valence-electron chi connectivity index (χ2n) is 3.94. The standard InChI is InChI=1S/C12H10BrCl2FN2S/c13-7-2-1-6(9(16)4-7)3-10(18-17)8-5-11(14)19-12(8)15/h1-2,4-5,10,18H,3,17H2. The van der Waals surface area contributed by atoms with Gasteiger partial charge < -0.3 is 0 Å². The fourth-order valence-corrected chi connectivity index (χ4v) is 3.67. The summed E-state index contributed by atoms with van der Waals surface area (Å²) in [6.45, 7) is 0. The summed E-state index contributed by atoms with van der Waals surface area (Å²) < 4.78 is 15.7. The number of halogens is 4. The highest BCUT2D eigenvalue weighted by molar-refractivity contribution is 9.10. The smallest absolute Gasteiger partial charge is 0.127 e. The van der Waals surface area contributed by atoms with Crippen LogP contribution in [0.15, 0.2) is 28.7 Å². The monoisotopic (exact) mass is 382 g/mol. The van der Waals surface area contributed by atoms with Crippen molar-refractivity contribution in [2.75, 3.05) is 0 Å². The summed E-state index contributed by atoms with van der Waals surface area (Å²) >= 11 is 16.5. The van der Waals surface area contributed by atoms with Crippen LogP contribution in [0.3, 0.4) is 0 Å². The van der Waals surface area contributed by atoms with Crippen LogP contribution in [0.2, 0.25) is 8.67 Å². The van der Waals surface area contributed by atoms with Gasteiger partial charge in [0.25, 0.3) is 0 Å². The highest BCUT2D eigenvalue weighted by Crippen LogP contribution is 2.36. The molecular weight excluding hydrogens is 374 g/mol. The molecule has 0 saturated heterocycles. The van der Waals surface area contributed by atoms with Crippen LogP contribution in [0.1, 0.15) is 17.2 Å². The largest absolute Gasteiger partial charge is 0.271 e. The number of benzene rings is 1. The first kappa shape index (κ1) is 15.2. The zero-order valence-electron chi connectivity index (χ0n) is 9.59. The lowest BCUT2D eigenvalue weighted by molar-refractivity contribution is 0.530. The molecule has 0 bridgehead atoms. The van der Waals surface area contributed by atoms with Crippen LogP contribution in [0.4, 0.5) is 4.39 Å². The summed E-state index contributed by atoms with van der Waals surface area (Å²) in [5, 5.41) is 0. The van der Waals surface area contributed by atoms with Gasteiger partial charge in [0.05, 0.1) is 14.7 Å². The van der Waals surface area contributed by atoms with Crippen molar-refractivity contribution in [3.05, 3.63) is 54.4 Å². The van der Waals surface area contributed by atoms with E-state index in [4.69, 9.17) is 29.0 Å². The number of nitrogens with two attached hydrogens (primary N) is 1. The molecule has 0 spiro atoms. The number of rotatable bonds is 4. The normalized spacial score (nSPS) is 12.7. The zero-order chi connectivity index (χ0) is 14.0. The summed E-state index contributed by atoms with van der Waals surface area (Å²) in [5.41, 5.74) is 3.99. The molecule has 19 heavy (non-hydrogen) atoms. The second kappa shape index (κ2) is 6.52. The van der Waals surface area contributed by atoms with Gasteiger partial charge in [-0.1, -0.05) is 45.2 Å². The Balaban J connectivity index is 2.26. The third-order valence-corrected chi connectivity index (χ3v) is 4.71. The molecular formula is C12H10BrCl2FN2S. The fraction of sp³-hybridized carbons (Fsp3) is 0.167.